The minimum Gasteiger partial charge on any atom is -0.407 e. The third-order valence-corrected chi connectivity index (χ3v) is 2.87. The SMILES string of the molecule is CC(C)NCc1nnc(N(C)C2CCOC2)o1. The first-order valence-electron chi connectivity index (χ1n) is 6.03. The first kappa shape index (κ1) is 12.3. The Hall–Kier alpha value is -1.14. The second-order valence-corrected chi connectivity index (χ2v) is 4.64. The third kappa shape index (κ3) is 3.17. The quantitative estimate of drug-likeness (QED) is 0.821. The molecule has 1 atom stereocenters. The molecule has 0 radical (unpaired) electrons. The van der Waals surface area contributed by atoms with Crippen LogP contribution in [0.2, 0.25) is 0 Å². The van der Waals surface area contributed by atoms with Crippen LogP contribution in [-0.2, 0) is 11.3 Å². The number of hydrogen-bond donors (Lipinski definition) is 1. The Balaban J connectivity index is 1.92. The molecule has 0 aromatic carbocycles. The summed E-state index contributed by atoms with van der Waals surface area (Å²) in [6, 6.07) is 1.33. The summed E-state index contributed by atoms with van der Waals surface area (Å²) in [7, 11) is 1.96. The van der Waals surface area contributed by atoms with Gasteiger partial charge in [0.05, 0.1) is 19.2 Å². The second kappa shape index (κ2) is 5.46. The van der Waals surface area contributed by atoms with Crippen LogP contribution < -0.4 is 10.2 Å². The summed E-state index contributed by atoms with van der Waals surface area (Å²) in [6.45, 7) is 6.32. The highest BCUT2D eigenvalue weighted by Gasteiger charge is 2.24. The van der Waals surface area contributed by atoms with Crippen LogP contribution in [0.3, 0.4) is 0 Å². The van der Waals surface area contributed by atoms with Crippen molar-refractivity contribution in [2.45, 2.75) is 38.9 Å². The molecule has 0 bridgehead atoms. The smallest absolute Gasteiger partial charge is 0.318 e. The van der Waals surface area contributed by atoms with Crippen LogP contribution in [-0.4, -0.2) is 42.5 Å². The van der Waals surface area contributed by atoms with Gasteiger partial charge in [-0.1, -0.05) is 18.9 Å². The third-order valence-electron chi connectivity index (χ3n) is 2.87. The first-order valence-corrected chi connectivity index (χ1v) is 6.03. The van der Waals surface area contributed by atoms with E-state index in [4.69, 9.17) is 9.15 Å². The van der Waals surface area contributed by atoms with E-state index >= 15 is 0 Å². The van der Waals surface area contributed by atoms with Gasteiger partial charge in [0.2, 0.25) is 5.89 Å². The summed E-state index contributed by atoms with van der Waals surface area (Å²) in [5, 5.41) is 11.3. The van der Waals surface area contributed by atoms with Gasteiger partial charge in [-0.15, -0.1) is 5.10 Å². The van der Waals surface area contributed by atoms with Crippen LogP contribution in [0.4, 0.5) is 6.01 Å². The zero-order valence-electron chi connectivity index (χ0n) is 10.6. The van der Waals surface area contributed by atoms with Gasteiger partial charge in [-0.25, -0.2) is 0 Å². The molecule has 2 heterocycles. The first-order chi connectivity index (χ1) is 8.16. The van der Waals surface area contributed by atoms with E-state index in [9.17, 15) is 0 Å². The van der Waals surface area contributed by atoms with Crippen molar-refractivity contribution >= 4 is 6.01 Å². The van der Waals surface area contributed by atoms with Crippen molar-refractivity contribution in [1.82, 2.24) is 15.5 Å². The Bertz CT molecular complexity index is 347. The molecule has 0 spiro atoms. The molecule has 1 aliphatic rings. The Kier molecular flexibility index (Phi) is 3.96. The molecule has 96 valence electrons. The van der Waals surface area contributed by atoms with Crippen LogP contribution in [0.25, 0.3) is 0 Å². The molecule has 1 saturated heterocycles. The normalized spacial score (nSPS) is 20.1. The fourth-order valence-corrected chi connectivity index (χ4v) is 1.73. The van der Waals surface area contributed by atoms with E-state index in [0.717, 1.165) is 19.6 Å². The van der Waals surface area contributed by atoms with E-state index in [0.29, 0.717) is 30.5 Å². The predicted octanol–water partition coefficient (Wildman–Crippen LogP) is 0.793. The summed E-state index contributed by atoms with van der Waals surface area (Å²) in [4.78, 5) is 2.00. The number of likely N-dealkylation sites (N-methyl/N-ethyl adjacent to an activating group) is 1. The zero-order valence-corrected chi connectivity index (χ0v) is 10.6. The fraction of sp³-hybridized carbons (Fsp3) is 0.818. The molecule has 1 aromatic heterocycles. The Morgan fingerprint density at radius 3 is 2.94 bits per heavy atom. The van der Waals surface area contributed by atoms with Gasteiger partial charge in [-0.3, -0.25) is 0 Å². The second-order valence-electron chi connectivity index (χ2n) is 4.64. The average Bonchev–Trinajstić information content (AvgIpc) is 2.97. The van der Waals surface area contributed by atoms with Crippen molar-refractivity contribution in [1.29, 1.82) is 0 Å². The molecule has 1 fully saturated rings. The van der Waals surface area contributed by atoms with Gasteiger partial charge in [-0.05, 0) is 6.42 Å². The molecule has 1 unspecified atom stereocenters. The van der Waals surface area contributed by atoms with Crippen LogP contribution in [0, 0.1) is 0 Å². The van der Waals surface area contributed by atoms with Crippen molar-refractivity contribution in [2.75, 3.05) is 25.2 Å². The van der Waals surface area contributed by atoms with E-state index in [1.807, 2.05) is 11.9 Å². The highest BCUT2D eigenvalue weighted by atomic mass is 16.5. The number of nitrogens with zero attached hydrogens (tertiary/aromatic N) is 3. The number of nitrogens with one attached hydrogen (secondary N) is 1. The summed E-state index contributed by atoms with van der Waals surface area (Å²) in [5.74, 6) is 0.625. The Morgan fingerprint density at radius 1 is 1.47 bits per heavy atom. The van der Waals surface area contributed by atoms with Gasteiger partial charge >= 0.3 is 6.01 Å². The molecule has 6 nitrogen and oxygen atoms in total. The summed E-state index contributed by atoms with van der Waals surface area (Å²) < 4.78 is 10.9. The lowest BCUT2D eigenvalue weighted by Gasteiger charge is -2.19. The van der Waals surface area contributed by atoms with Gasteiger partial charge in [-0.2, -0.15) is 0 Å². The Labute approximate surface area is 101 Å². The van der Waals surface area contributed by atoms with E-state index in [-0.39, 0.29) is 0 Å². The molecule has 17 heavy (non-hydrogen) atoms. The molecule has 0 aliphatic carbocycles. The summed E-state index contributed by atoms with van der Waals surface area (Å²) in [6.07, 6.45) is 1.01. The molecular weight excluding hydrogens is 220 g/mol. The van der Waals surface area contributed by atoms with Crippen LogP contribution in [0.1, 0.15) is 26.2 Å². The molecule has 0 saturated carbocycles. The molecule has 0 amide bonds. The maximum atomic E-state index is 5.59. The lowest BCUT2D eigenvalue weighted by Crippen LogP contribution is -2.32. The molecule has 1 aromatic rings. The maximum absolute atomic E-state index is 5.59. The molecule has 6 heteroatoms. The molecular formula is C11H20N4O2. The molecule has 1 aliphatic heterocycles. The van der Waals surface area contributed by atoms with Crippen molar-refractivity contribution < 1.29 is 9.15 Å². The number of ether oxygens (including phenoxy) is 1. The average molecular weight is 240 g/mol. The van der Waals surface area contributed by atoms with Crippen molar-refractivity contribution in [3.63, 3.8) is 0 Å². The lowest BCUT2D eigenvalue weighted by atomic mass is 10.2. The van der Waals surface area contributed by atoms with E-state index in [2.05, 4.69) is 29.4 Å². The Morgan fingerprint density at radius 2 is 2.29 bits per heavy atom. The lowest BCUT2D eigenvalue weighted by molar-refractivity contribution is 0.193. The number of rotatable bonds is 5. The van der Waals surface area contributed by atoms with Crippen molar-refractivity contribution in [3.05, 3.63) is 5.89 Å². The van der Waals surface area contributed by atoms with Gasteiger partial charge in [0.25, 0.3) is 0 Å². The summed E-state index contributed by atoms with van der Waals surface area (Å²) >= 11 is 0. The van der Waals surface area contributed by atoms with Gasteiger partial charge in [0.1, 0.15) is 0 Å². The van der Waals surface area contributed by atoms with E-state index < -0.39 is 0 Å². The number of hydrogen-bond acceptors (Lipinski definition) is 6. The van der Waals surface area contributed by atoms with E-state index in [1.54, 1.807) is 0 Å². The van der Waals surface area contributed by atoms with Gasteiger partial charge in [0, 0.05) is 19.7 Å². The molecule has 2 rings (SSSR count). The highest BCUT2D eigenvalue weighted by Crippen LogP contribution is 2.18. The van der Waals surface area contributed by atoms with Crippen LogP contribution >= 0.6 is 0 Å². The van der Waals surface area contributed by atoms with Gasteiger partial charge < -0.3 is 19.4 Å². The van der Waals surface area contributed by atoms with Crippen molar-refractivity contribution in [2.24, 2.45) is 0 Å². The van der Waals surface area contributed by atoms with Gasteiger partial charge in [0.15, 0.2) is 0 Å². The standard InChI is InChI=1S/C11H20N4O2/c1-8(2)12-6-10-13-14-11(17-10)15(3)9-4-5-16-7-9/h8-9,12H,4-7H2,1-3H3. The molecule has 1 N–H and O–H groups in total. The van der Waals surface area contributed by atoms with E-state index in [1.165, 1.54) is 0 Å². The predicted molar refractivity (Wildman–Crippen MR) is 63.9 cm³/mol. The highest BCUT2D eigenvalue weighted by molar-refractivity contribution is 5.25. The maximum Gasteiger partial charge on any atom is 0.318 e. The minimum absolute atomic E-state index is 0.348. The summed E-state index contributed by atoms with van der Waals surface area (Å²) in [5.41, 5.74) is 0. The topological polar surface area (TPSA) is 63.4 Å². The largest absolute Gasteiger partial charge is 0.407 e. The zero-order chi connectivity index (χ0) is 12.3. The number of anilines is 1. The van der Waals surface area contributed by atoms with Crippen LogP contribution in [0.5, 0.6) is 0 Å². The van der Waals surface area contributed by atoms with Crippen molar-refractivity contribution in [3.8, 4) is 0 Å². The number of aromatic nitrogens is 2. The van der Waals surface area contributed by atoms with Crippen LogP contribution in [0.15, 0.2) is 4.42 Å². The monoisotopic (exact) mass is 240 g/mol. The minimum atomic E-state index is 0.348. The fourth-order valence-electron chi connectivity index (χ4n) is 1.73.